The van der Waals surface area contributed by atoms with Gasteiger partial charge in [-0.15, -0.1) is 0 Å². The number of para-hydroxylation sites is 2. The van der Waals surface area contributed by atoms with Gasteiger partial charge in [-0.05, 0) is 37.6 Å². The summed E-state index contributed by atoms with van der Waals surface area (Å²) in [6.07, 6.45) is 0.784. The molecule has 1 atom stereocenters. The number of hydrogen-bond donors (Lipinski definition) is 1. The van der Waals surface area contributed by atoms with E-state index in [4.69, 9.17) is 0 Å². The predicted molar refractivity (Wildman–Crippen MR) is 94.6 cm³/mol. The van der Waals surface area contributed by atoms with E-state index in [1.54, 1.807) is 16.8 Å². The number of carbonyl (C=O) groups is 1. The number of carbonyl (C=O) groups excluding carboxylic acids is 1. The van der Waals surface area contributed by atoms with Crippen LogP contribution in [-0.4, -0.2) is 21.7 Å². The molecule has 1 N–H and O–H groups in total. The Labute approximate surface area is 139 Å². The van der Waals surface area contributed by atoms with Gasteiger partial charge < -0.3 is 5.32 Å². The Morgan fingerprint density at radius 3 is 2.50 bits per heavy atom. The Morgan fingerprint density at radius 2 is 1.79 bits per heavy atom. The SMILES string of the molecule is CCC(C)NC(=O)c1nn(-c2ccccc2)c2ccccc2c1=O. The van der Waals surface area contributed by atoms with E-state index in [1.165, 1.54) is 0 Å². The van der Waals surface area contributed by atoms with Crippen LogP contribution >= 0.6 is 0 Å². The molecule has 0 saturated carbocycles. The molecule has 0 fully saturated rings. The van der Waals surface area contributed by atoms with Gasteiger partial charge in [-0.3, -0.25) is 9.59 Å². The van der Waals surface area contributed by atoms with Crippen LogP contribution in [0, 0.1) is 0 Å². The molecule has 1 unspecified atom stereocenters. The normalized spacial score (nSPS) is 12.1. The third-order valence-corrected chi connectivity index (χ3v) is 4.00. The zero-order chi connectivity index (χ0) is 17.1. The first kappa shape index (κ1) is 15.9. The zero-order valence-electron chi connectivity index (χ0n) is 13.7. The van der Waals surface area contributed by atoms with Crippen molar-refractivity contribution in [2.24, 2.45) is 0 Å². The number of fused-ring (bicyclic) bond motifs is 1. The molecule has 0 spiro atoms. The fourth-order valence-electron chi connectivity index (χ4n) is 2.49. The fourth-order valence-corrected chi connectivity index (χ4v) is 2.49. The van der Waals surface area contributed by atoms with Gasteiger partial charge in [-0.1, -0.05) is 37.3 Å². The van der Waals surface area contributed by atoms with E-state index in [2.05, 4.69) is 10.4 Å². The highest BCUT2D eigenvalue weighted by Gasteiger charge is 2.18. The molecule has 122 valence electrons. The van der Waals surface area contributed by atoms with E-state index < -0.39 is 5.91 Å². The van der Waals surface area contributed by atoms with Gasteiger partial charge in [0.1, 0.15) is 0 Å². The van der Waals surface area contributed by atoms with Gasteiger partial charge >= 0.3 is 0 Å². The quantitative estimate of drug-likeness (QED) is 0.803. The van der Waals surface area contributed by atoms with Crippen molar-refractivity contribution in [1.82, 2.24) is 15.1 Å². The lowest BCUT2D eigenvalue weighted by Gasteiger charge is -2.14. The highest BCUT2D eigenvalue weighted by molar-refractivity contribution is 5.95. The highest BCUT2D eigenvalue weighted by Crippen LogP contribution is 2.15. The number of benzene rings is 2. The molecule has 3 rings (SSSR count). The molecule has 3 aromatic rings. The number of nitrogens with zero attached hydrogens (tertiary/aromatic N) is 2. The van der Waals surface area contributed by atoms with Gasteiger partial charge in [0.05, 0.1) is 16.6 Å². The van der Waals surface area contributed by atoms with E-state index >= 15 is 0 Å². The number of amides is 1. The Balaban J connectivity index is 2.23. The van der Waals surface area contributed by atoms with Crippen LogP contribution in [0.3, 0.4) is 0 Å². The molecular weight excluding hydrogens is 302 g/mol. The molecule has 5 nitrogen and oxygen atoms in total. The number of hydrogen-bond acceptors (Lipinski definition) is 3. The fraction of sp³-hybridized carbons (Fsp3) is 0.211. The predicted octanol–water partition coefficient (Wildman–Crippen LogP) is 2.91. The molecule has 1 heterocycles. The Kier molecular flexibility index (Phi) is 4.42. The van der Waals surface area contributed by atoms with Crippen molar-refractivity contribution in [1.29, 1.82) is 0 Å². The van der Waals surface area contributed by atoms with Gasteiger partial charge in [-0.25, -0.2) is 4.68 Å². The zero-order valence-corrected chi connectivity index (χ0v) is 13.7. The van der Waals surface area contributed by atoms with E-state index in [0.29, 0.717) is 10.9 Å². The van der Waals surface area contributed by atoms with Gasteiger partial charge in [-0.2, -0.15) is 5.10 Å². The van der Waals surface area contributed by atoms with E-state index in [9.17, 15) is 9.59 Å². The van der Waals surface area contributed by atoms with Crippen molar-refractivity contribution < 1.29 is 4.79 Å². The van der Waals surface area contributed by atoms with Crippen molar-refractivity contribution in [3.63, 3.8) is 0 Å². The summed E-state index contributed by atoms with van der Waals surface area (Å²) in [5, 5.41) is 7.64. The molecule has 0 bridgehead atoms. The van der Waals surface area contributed by atoms with Crippen LogP contribution in [0.1, 0.15) is 30.8 Å². The number of nitrogens with one attached hydrogen (secondary N) is 1. The topological polar surface area (TPSA) is 64.0 Å². The van der Waals surface area contributed by atoms with E-state index in [-0.39, 0.29) is 17.2 Å². The Hall–Kier alpha value is -2.95. The van der Waals surface area contributed by atoms with Crippen molar-refractivity contribution in [3.05, 3.63) is 70.5 Å². The van der Waals surface area contributed by atoms with Crippen molar-refractivity contribution in [2.75, 3.05) is 0 Å². The van der Waals surface area contributed by atoms with Gasteiger partial charge in [0, 0.05) is 6.04 Å². The Bertz CT molecular complexity index is 932. The molecule has 2 aromatic carbocycles. The lowest BCUT2D eigenvalue weighted by Crippen LogP contribution is -2.36. The summed E-state index contributed by atoms with van der Waals surface area (Å²) in [7, 11) is 0. The maximum atomic E-state index is 12.7. The van der Waals surface area contributed by atoms with Crippen LogP contribution in [0.4, 0.5) is 0 Å². The summed E-state index contributed by atoms with van der Waals surface area (Å²) in [6, 6.07) is 16.6. The summed E-state index contributed by atoms with van der Waals surface area (Å²) in [5.74, 6) is -0.440. The second-order valence-corrected chi connectivity index (χ2v) is 5.72. The van der Waals surface area contributed by atoms with Gasteiger partial charge in [0.2, 0.25) is 5.43 Å². The summed E-state index contributed by atoms with van der Waals surface area (Å²) >= 11 is 0. The van der Waals surface area contributed by atoms with Crippen molar-refractivity contribution in [2.45, 2.75) is 26.3 Å². The van der Waals surface area contributed by atoms with Crippen LogP contribution in [0.25, 0.3) is 16.6 Å². The lowest BCUT2D eigenvalue weighted by molar-refractivity contribution is 0.0931. The average Bonchev–Trinajstić information content (AvgIpc) is 2.62. The van der Waals surface area contributed by atoms with Crippen LogP contribution in [-0.2, 0) is 0 Å². The average molecular weight is 321 g/mol. The molecular formula is C19H19N3O2. The third kappa shape index (κ3) is 2.93. The standard InChI is InChI=1S/C19H19N3O2/c1-3-13(2)20-19(24)17-18(23)15-11-7-8-12-16(15)22(21-17)14-9-5-4-6-10-14/h4-13H,3H2,1-2H3,(H,20,24). The highest BCUT2D eigenvalue weighted by atomic mass is 16.2. The van der Waals surface area contributed by atoms with Gasteiger partial charge in [0.25, 0.3) is 5.91 Å². The second-order valence-electron chi connectivity index (χ2n) is 5.72. The number of rotatable bonds is 4. The van der Waals surface area contributed by atoms with Crippen molar-refractivity contribution >= 4 is 16.8 Å². The molecule has 0 saturated heterocycles. The third-order valence-electron chi connectivity index (χ3n) is 4.00. The smallest absolute Gasteiger partial charge is 0.276 e. The summed E-state index contributed by atoms with van der Waals surface area (Å²) in [6.45, 7) is 3.87. The monoisotopic (exact) mass is 321 g/mol. The minimum absolute atomic E-state index is 0.0182. The van der Waals surface area contributed by atoms with Crippen LogP contribution in [0.5, 0.6) is 0 Å². The summed E-state index contributed by atoms with van der Waals surface area (Å²) in [5.41, 5.74) is 1.04. The summed E-state index contributed by atoms with van der Waals surface area (Å²) in [4.78, 5) is 25.2. The summed E-state index contributed by atoms with van der Waals surface area (Å²) < 4.78 is 1.64. The maximum absolute atomic E-state index is 12.7. The molecule has 0 aliphatic rings. The molecule has 0 radical (unpaired) electrons. The first-order valence-electron chi connectivity index (χ1n) is 8.00. The second kappa shape index (κ2) is 6.66. The lowest BCUT2D eigenvalue weighted by atomic mass is 10.1. The minimum atomic E-state index is -0.440. The Morgan fingerprint density at radius 1 is 1.12 bits per heavy atom. The van der Waals surface area contributed by atoms with E-state index in [0.717, 1.165) is 12.1 Å². The van der Waals surface area contributed by atoms with Crippen LogP contribution in [0.15, 0.2) is 59.4 Å². The van der Waals surface area contributed by atoms with E-state index in [1.807, 2.05) is 56.3 Å². The molecule has 0 aliphatic carbocycles. The number of aromatic nitrogens is 2. The maximum Gasteiger partial charge on any atom is 0.276 e. The molecule has 1 aromatic heterocycles. The molecule has 24 heavy (non-hydrogen) atoms. The first-order chi connectivity index (χ1) is 11.6. The molecule has 1 amide bonds. The van der Waals surface area contributed by atoms with Gasteiger partial charge in [0.15, 0.2) is 5.69 Å². The molecule has 0 aliphatic heterocycles. The van der Waals surface area contributed by atoms with Crippen LogP contribution < -0.4 is 10.7 Å². The minimum Gasteiger partial charge on any atom is -0.348 e. The molecule has 5 heteroatoms. The van der Waals surface area contributed by atoms with Crippen molar-refractivity contribution in [3.8, 4) is 5.69 Å². The first-order valence-corrected chi connectivity index (χ1v) is 8.00. The largest absolute Gasteiger partial charge is 0.348 e. The van der Waals surface area contributed by atoms with Crippen LogP contribution in [0.2, 0.25) is 0 Å².